The van der Waals surface area contributed by atoms with E-state index in [9.17, 15) is 9.59 Å². The van der Waals surface area contributed by atoms with Crippen molar-refractivity contribution in [1.29, 1.82) is 0 Å². The van der Waals surface area contributed by atoms with Crippen molar-refractivity contribution in [2.45, 2.75) is 43.7 Å². The molecule has 1 aromatic heterocycles. The molecule has 38 heavy (non-hydrogen) atoms. The summed E-state index contributed by atoms with van der Waals surface area (Å²) in [6.07, 6.45) is 6.87. The minimum Gasteiger partial charge on any atom is -0.370 e. The van der Waals surface area contributed by atoms with E-state index in [-0.39, 0.29) is 17.5 Å². The number of urea groups is 1. The highest BCUT2D eigenvalue weighted by Gasteiger charge is 2.53. The van der Waals surface area contributed by atoms with Crippen molar-refractivity contribution in [3.63, 3.8) is 0 Å². The van der Waals surface area contributed by atoms with Crippen LogP contribution in [-0.2, 0) is 20.7 Å². The maximum Gasteiger partial charge on any atom is 0.325 e. The summed E-state index contributed by atoms with van der Waals surface area (Å²) in [6, 6.07) is 23.2. The largest absolute Gasteiger partial charge is 0.370 e. The SMILES string of the molecule is CCCOC1(c2ccccc2)CCN(CCCN2C(=O)NC(c3ccccc3)(c3ccncc3)C2=O)CC1. The van der Waals surface area contributed by atoms with Gasteiger partial charge in [-0.05, 0) is 61.1 Å². The van der Waals surface area contributed by atoms with Gasteiger partial charge in [0.15, 0.2) is 5.54 Å². The Hall–Kier alpha value is -3.55. The second-order valence-electron chi connectivity index (χ2n) is 10.1. The third-order valence-electron chi connectivity index (χ3n) is 7.83. The molecule has 0 spiro atoms. The molecule has 0 aliphatic carbocycles. The number of benzene rings is 2. The van der Waals surface area contributed by atoms with Crippen LogP contribution in [-0.4, -0.2) is 59.5 Å². The number of piperidine rings is 1. The molecule has 2 aromatic carbocycles. The van der Waals surface area contributed by atoms with Crippen molar-refractivity contribution >= 4 is 11.9 Å². The van der Waals surface area contributed by atoms with Crippen molar-refractivity contribution < 1.29 is 14.3 Å². The Balaban J connectivity index is 1.24. The zero-order valence-electron chi connectivity index (χ0n) is 22.0. The second-order valence-corrected chi connectivity index (χ2v) is 10.1. The minimum absolute atomic E-state index is 0.238. The molecule has 3 amide bonds. The Morgan fingerprint density at radius 3 is 2.08 bits per heavy atom. The Labute approximate surface area is 224 Å². The molecule has 2 saturated heterocycles. The summed E-state index contributed by atoms with van der Waals surface area (Å²) in [7, 11) is 0. The molecule has 2 aliphatic rings. The van der Waals surface area contributed by atoms with Gasteiger partial charge in [-0.25, -0.2) is 4.79 Å². The van der Waals surface area contributed by atoms with Crippen LogP contribution in [0.2, 0.25) is 0 Å². The van der Waals surface area contributed by atoms with Crippen molar-refractivity contribution in [3.8, 4) is 0 Å². The van der Waals surface area contributed by atoms with Crippen molar-refractivity contribution in [3.05, 3.63) is 102 Å². The molecule has 3 heterocycles. The molecule has 1 unspecified atom stereocenters. The van der Waals surface area contributed by atoms with Crippen LogP contribution in [0.4, 0.5) is 4.79 Å². The molecule has 2 aliphatic heterocycles. The van der Waals surface area contributed by atoms with Gasteiger partial charge >= 0.3 is 6.03 Å². The fourth-order valence-corrected chi connectivity index (χ4v) is 5.77. The highest BCUT2D eigenvalue weighted by atomic mass is 16.5. The van der Waals surface area contributed by atoms with Gasteiger partial charge in [0.2, 0.25) is 0 Å². The first kappa shape index (κ1) is 26.1. The van der Waals surface area contributed by atoms with Crippen LogP contribution in [0, 0.1) is 0 Å². The van der Waals surface area contributed by atoms with Gasteiger partial charge in [0.25, 0.3) is 5.91 Å². The fraction of sp³-hybridized carbons (Fsp3) is 0.387. The quantitative estimate of drug-likeness (QED) is 0.399. The molecule has 0 radical (unpaired) electrons. The number of nitrogens with one attached hydrogen (secondary N) is 1. The summed E-state index contributed by atoms with van der Waals surface area (Å²) in [6.45, 7) is 5.93. The molecule has 5 rings (SSSR count). The third-order valence-corrected chi connectivity index (χ3v) is 7.83. The van der Waals surface area contributed by atoms with Crippen LogP contribution >= 0.6 is 0 Å². The van der Waals surface area contributed by atoms with E-state index in [1.54, 1.807) is 24.5 Å². The Morgan fingerprint density at radius 2 is 1.45 bits per heavy atom. The topological polar surface area (TPSA) is 74.8 Å². The van der Waals surface area contributed by atoms with Gasteiger partial charge < -0.3 is 15.0 Å². The smallest absolute Gasteiger partial charge is 0.325 e. The molecule has 0 bridgehead atoms. The molecular formula is C31H36N4O3. The number of hydrogen-bond acceptors (Lipinski definition) is 5. The van der Waals surface area contributed by atoms with E-state index in [0.29, 0.717) is 18.5 Å². The van der Waals surface area contributed by atoms with Crippen molar-refractivity contribution in [2.75, 3.05) is 32.8 Å². The predicted molar refractivity (Wildman–Crippen MR) is 146 cm³/mol. The maximum absolute atomic E-state index is 13.9. The van der Waals surface area contributed by atoms with Crippen molar-refractivity contribution in [1.82, 2.24) is 20.1 Å². The van der Waals surface area contributed by atoms with Gasteiger partial charge in [0, 0.05) is 38.6 Å². The van der Waals surface area contributed by atoms with Crippen molar-refractivity contribution in [2.24, 2.45) is 0 Å². The summed E-state index contributed by atoms with van der Waals surface area (Å²) < 4.78 is 6.44. The molecule has 7 nitrogen and oxygen atoms in total. The minimum atomic E-state index is -1.24. The Kier molecular flexibility index (Phi) is 7.86. The molecule has 198 valence electrons. The van der Waals surface area contributed by atoms with E-state index >= 15 is 0 Å². The second kappa shape index (κ2) is 11.5. The lowest BCUT2D eigenvalue weighted by Gasteiger charge is -2.42. The molecule has 1 N–H and O–H groups in total. The number of carbonyl (C=O) groups excluding carboxylic acids is 2. The normalized spacial score (nSPS) is 21.4. The number of hydrogen-bond donors (Lipinski definition) is 1. The first-order chi connectivity index (χ1) is 18.6. The fourth-order valence-electron chi connectivity index (χ4n) is 5.77. The van der Waals surface area contributed by atoms with Crippen LogP contribution in [0.15, 0.2) is 85.2 Å². The molecule has 3 aromatic rings. The van der Waals surface area contributed by atoms with E-state index in [0.717, 1.165) is 51.1 Å². The van der Waals surface area contributed by atoms with Gasteiger partial charge in [0.05, 0.1) is 5.60 Å². The summed E-state index contributed by atoms with van der Waals surface area (Å²) in [5, 5.41) is 3.02. The molecular weight excluding hydrogens is 476 g/mol. The zero-order valence-corrected chi connectivity index (χ0v) is 22.0. The van der Waals surface area contributed by atoms with E-state index in [2.05, 4.69) is 46.4 Å². The van der Waals surface area contributed by atoms with E-state index in [1.165, 1.54) is 10.5 Å². The number of rotatable bonds is 10. The first-order valence-corrected chi connectivity index (χ1v) is 13.6. The molecule has 2 fully saturated rings. The summed E-state index contributed by atoms with van der Waals surface area (Å²) in [4.78, 5) is 34.9. The monoisotopic (exact) mass is 512 g/mol. The average Bonchev–Trinajstić information content (AvgIpc) is 3.24. The van der Waals surface area contributed by atoms with Gasteiger partial charge in [-0.2, -0.15) is 0 Å². The number of likely N-dealkylation sites (tertiary alicyclic amines) is 1. The number of pyridine rings is 1. The highest BCUT2D eigenvalue weighted by Crippen LogP contribution is 2.38. The van der Waals surface area contributed by atoms with Gasteiger partial charge in [-0.15, -0.1) is 0 Å². The number of ether oxygens (including phenoxy) is 1. The lowest BCUT2D eigenvalue weighted by atomic mass is 9.83. The Bertz CT molecular complexity index is 1170. The molecule has 1 atom stereocenters. The zero-order chi connectivity index (χ0) is 26.4. The van der Waals surface area contributed by atoms with Crippen LogP contribution < -0.4 is 5.32 Å². The number of aromatic nitrogens is 1. The van der Waals surface area contributed by atoms with Gasteiger partial charge in [-0.1, -0.05) is 67.6 Å². The average molecular weight is 513 g/mol. The number of amides is 3. The summed E-state index contributed by atoms with van der Waals surface area (Å²) in [5.74, 6) is -0.241. The van der Waals surface area contributed by atoms with Gasteiger partial charge in [-0.3, -0.25) is 14.7 Å². The van der Waals surface area contributed by atoms with Crippen LogP contribution in [0.1, 0.15) is 49.3 Å². The molecule has 0 saturated carbocycles. The van der Waals surface area contributed by atoms with E-state index in [4.69, 9.17) is 4.74 Å². The number of nitrogens with zero attached hydrogens (tertiary/aromatic N) is 3. The van der Waals surface area contributed by atoms with Crippen LogP contribution in [0.3, 0.4) is 0 Å². The standard InChI is InChI=1S/C31H36N4O3/c1-2-24-38-30(25-10-5-3-6-11-25)16-22-34(23-17-30)20-9-21-35-28(36)31(33-29(35)37,26-12-7-4-8-13-26)27-14-18-32-19-15-27/h3-8,10-15,18-19H,2,9,16-17,20-24H2,1H3,(H,33,37). The lowest BCUT2D eigenvalue weighted by molar-refractivity contribution is -0.130. The first-order valence-electron chi connectivity index (χ1n) is 13.6. The lowest BCUT2D eigenvalue weighted by Crippen LogP contribution is -2.46. The Morgan fingerprint density at radius 1 is 0.842 bits per heavy atom. The van der Waals surface area contributed by atoms with Crippen LogP contribution in [0.5, 0.6) is 0 Å². The van der Waals surface area contributed by atoms with E-state index in [1.807, 2.05) is 36.4 Å². The molecule has 7 heteroatoms. The predicted octanol–water partition coefficient (Wildman–Crippen LogP) is 4.69. The highest BCUT2D eigenvalue weighted by molar-refractivity contribution is 6.09. The summed E-state index contributed by atoms with van der Waals surface area (Å²) in [5.41, 5.74) is 1.23. The van der Waals surface area contributed by atoms with Crippen LogP contribution in [0.25, 0.3) is 0 Å². The van der Waals surface area contributed by atoms with E-state index < -0.39 is 5.54 Å². The number of imide groups is 1. The summed E-state index contributed by atoms with van der Waals surface area (Å²) >= 11 is 0. The van der Waals surface area contributed by atoms with Gasteiger partial charge in [0.1, 0.15) is 0 Å². The third kappa shape index (κ3) is 4.96. The maximum atomic E-state index is 13.9. The number of carbonyl (C=O) groups is 2.